The Kier molecular flexibility index (Phi) is 5.80. The number of amides is 1. The smallest absolute Gasteiger partial charge is 0.408 e. The fourth-order valence-corrected chi connectivity index (χ4v) is 2.44. The Morgan fingerprint density at radius 1 is 1.04 bits per heavy atom. The zero-order valence-corrected chi connectivity index (χ0v) is 14.7. The molecule has 0 saturated heterocycles. The first kappa shape index (κ1) is 18.5. The molecule has 2 rings (SSSR count). The van der Waals surface area contributed by atoms with Crippen LogP contribution in [0, 0.1) is 0 Å². The Morgan fingerprint density at radius 3 is 2.28 bits per heavy atom. The van der Waals surface area contributed by atoms with Gasteiger partial charge in [0.1, 0.15) is 5.60 Å². The number of carboxylic acid groups (broad SMARTS) is 1. The molecule has 0 aliphatic carbocycles. The molecule has 2 N–H and O–H groups in total. The van der Waals surface area contributed by atoms with Crippen molar-refractivity contribution in [1.82, 2.24) is 5.32 Å². The van der Waals surface area contributed by atoms with Crippen molar-refractivity contribution in [1.29, 1.82) is 0 Å². The van der Waals surface area contributed by atoms with Gasteiger partial charge in [0.25, 0.3) is 0 Å². The van der Waals surface area contributed by atoms with Gasteiger partial charge in [-0.15, -0.1) is 0 Å². The molecule has 5 heteroatoms. The fraction of sp³-hybridized carbons (Fsp3) is 0.300. The van der Waals surface area contributed by atoms with Gasteiger partial charge in [-0.2, -0.15) is 0 Å². The van der Waals surface area contributed by atoms with E-state index in [4.69, 9.17) is 4.74 Å². The molecular formula is C20H23NO4. The summed E-state index contributed by atoms with van der Waals surface area (Å²) in [5, 5.41) is 11.8. The summed E-state index contributed by atoms with van der Waals surface area (Å²) in [5.41, 5.74) is 2.05. The number of hydrogen-bond donors (Lipinski definition) is 2. The van der Waals surface area contributed by atoms with Crippen LogP contribution in [0.5, 0.6) is 0 Å². The highest BCUT2D eigenvalue weighted by Gasteiger charge is 2.22. The van der Waals surface area contributed by atoms with Gasteiger partial charge in [0.15, 0.2) is 0 Å². The lowest BCUT2D eigenvalue weighted by Gasteiger charge is -2.23. The number of carbonyl (C=O) groups excluding carboxylic acids is 1. The molecule has 0 unspecified atom stereocenters. The van der Waals surface area contributed by atoms with Crippen LogP contribution in [0.1, 0.15) is 38.8 Å². The van der Waals surface area contributed by atoms with Crippen LogP contribution in [0.2, 0.25) is 0 Å². The minimum atomic E-state index is -0.994. The molecule has 1 atom stereocenters. The predicted molar refractivity (Wildman–Crippen MR) is 96.2 cm³/mol. The predicted octanol–water partition coefficient (Wildman–Crippen LogP) is 4.39. The third-order valence-electron chi connectivity index (χ3n) is 3.47. The van der Waals surface area contributed by atoms with Gasteiger partial charge in [0.2, 0.25) is 0 Å². The second-order valence-corrected chi connectivity index (χ2v) is 6.79. The number of rotatable bonds is 5. The summed E-state index contributed by atoms with van der Waals surface area (Å²) >= 11 is 0. The van der Waals surface area contributed by atoms with Crippen molar-refractivity contribution in [2.24, 2.45) is 0 Å². The summed E-state index contributed by atoms with van der Waals surface area (Å²) in [6.07, 6.45) is -0.860. The van der Waals surface area contributed by atoms with Crippen molar-refractivity contribution < 1.29 is 19.4 Å². The van der Waals surface area contributed by atoms with Crippen molar-refractivity contribution in [2.75, 3.05) is 0 Å². The first-order valence-corrected chi connectivity index (χ1v) is 8.11. The van der Waals surface area contributed by atoms with Crippen LogP contribution >= 0.6 is 0 Å². The van der Waals surface area contributed by atoms with Crippen molar-refractivity contribution in [3.05, 3.63) is 60.2 Å². The zero-order chi connectivity index (χ0) is 18.4. The molecule has 0 aliphatic rings. The van der Waals surface area contributed by atoms with Gasteiger partial charge < -0.3 is 15.2 Å². The molecule has 0 saturated carbocycles. The van der Waals surface area contributed by atoms with Gasteiger partial charge >= 0.3 is 12.1 Å². The molecule has 2 aromatic carbocycles. The first-order valence-electron chi connectivity index (χ1n) is 8.11. The lowest BCUT2D eigenvalue weighted by Crippen LogP contribution is -2.35. The Morgan fingerprint density at radius 2 is 1.68 bits per heavy atom. The maximum Gasteiger partial charge on any atom is 0.408 e. The number of benzene rings is 2. The Hall–Kier alpha value is -2.82. The lowest BCUT2D eigenvalue weighted by molar-refractivity contribution is -0.137. The maximum atomic E-state index is 12.1. The summed E-state index contributed by atoms with van der Waals surface area (Å²) in [5.74, 6) is -0.994. The van der Waals surface area contributed by atoms with Gasteiger partial charge in [0, 0.05) is 0 Å². The van der Waals surface area contributed by atoms with Crippen LogP contribution in [-0.2, 0) is 9.53 Å². The molecule has 0 radical (unpaired) electrons. The zero-order valence-electron chi connectivity index (χ0n) is 14.7. The lowest BCUT2D eigenvalue weighted by atomic mass is 9.98. The SMILES string of the molecule is CC(C)(C)OC(=O)N[C@H](CC(=O)O)c1cccc(-c2ccccc2)c1. The average Bonchev–Trinajstić information content (AvgIpc) is 2.53. The van der Waals surface area contributed by atoms with Gasteiger partial charge in [-0.3, -0.25) is 4.79 Å². The van der Waals surface area contributed by atoms with Gasteiger partial charge in [0.05, 0.1) is 12.5 Å². The standard InChI is InChI=1S/C20H23NO4/c1-20(2,3)25-19(24)21-17(13-18(22)23)16-11-7-10-15(12-16)14-8-5-4-6-9-14/h4-12,17H,13H2,1-3H3,(H,21,24)(H,22,23)/t17-/m1/s1. The van der Waals surface area contributed by atoms with E-state index in [-0.39, 0.29) is 6.42 Å². The molecule has 0 aromatic heterocycles. The number of ether oxygens (including phenoxy) is 1. The van der Waals surface area contributed by atoms with E-state index in [2.05, 4.69) is 5.32 Å². The number of nitrogens with one attached hydrogen (secondary N) is 1. The van der Waals surface area contributed by atoms with Gasteiger partial charge in [-0.05, 0) is 43.5 Å². The summed E-state index contributed by atoms with van der Waals surface area (Å²) in [6.45, 7) is 5.28. The Balaban J connectivity index is 2.26. The fourth-order valence-electron chi connectivity index (χ4n) is 2.44. The quantitative estimate of drug-likeness (QED) is 0.845. The molecule has 5 nitrogen and oxygen atoms in total. The highest BCUT2D eigenvalue weighted by molar-refractivity contribution is 5.73. The van der Waals surface area contributed by atoms with E-state index in [0.717, 1.165) is 16.7 Å². The van der Waals surface area contributed by atoms with Crippen LogP contribution < -0.4 is 5.32 Å². The number of carbonyl (C=O) groups is 2. The number of carboxylic acids is 1. The maximum absolute atomic E-state index is 12.1. The molecule has 0 fully saturated rings. The molecule has 0 heterocycles. The van der Waals surface area contributed by atoms with Gasteiger partial charge in [-0.25, -0.2) is 4.79 Å². The van der Waals surface area contributed by atoms with E-state index in [1.165, 1.54) is 0 Å². The highest BCUT2D eigenvalue weighted by atomic mass is 16.6. The molecule has 0 spiro atoms. The van der Waals surface area contributed by atoms with Crippen molar-refractivity contribution in [3.63, 3.8) is 0 Å². The summed E-state index contributed by atoms with van der Waals surface area (Å²) in [6, 6.07) is 16.6. The van der Waals surface area contributed by atoms with Crippen LogP contribution in [0.15, 0.2) is 54.6 Å². The molecular weight excluding hydrogens is 318 g/mol. The molecule has 132 valence electrons. The van der Waals surface area contributed by atoms with E-state index in [9.17, 15) is 14.7 Å². The van der Waals surface area contributed by atoms with Crippen molar-refractivity contribution in [3.8, 4) is 11.1 Å². The Bertz CT molecular complexity index is 735. The second kappa shape index (κ2) is 7.83. The van der Waals surface area contributed by atoms with Crippen LogP contribution in [0.3, 0.4) is 0 Å². The molecule has 0 bridgehead atoms. The van der Waals surface area contributed by atoms with Crippen molar-refractivity contribution >= 4 is 12.1 Å². The molecule has 2 aromatic rings. The Labute approximate surface area is 147 Å². The van der Waals surface area contributed by atoms with Crippen LogP contribution in [0.25, 0.3) is 11.1 Å². The normalized spacial score (nSPS) is 12.3. The summed E-state index contributed by atoms with van der Waals surface area (Å²) in [4.78, 5) is 23.3. The van der Waals surface area contributed by atoms with Gasteiger partial charge in [-0.1, -0.05) is 48.5 Å². The third kappa shape index (κ3) is 5.95. The van der Waals surface area contributed by atoms with E-state index >= 15 is 0 Å². The van der Waals surface area contributed by atoms with Crippen molar-refractivity contribution in [2.45, 2.75) is 38.8 Å². The van der Waals surface area contributed by atoms with Crippen LogP contribution in [-0.4, -0.2) is 22.8 Å². The molecule has 25 heavy (non-hydrogen) atoms. The van der Waals surface area contributed by atoms with E-state index < -0.39 is 23.7 Å². The molecule has 1 amide bonds. The number of alkyl carbamates (subject to hydrolysis) is 1. The third-order valence-corrected chi connectivity index (χ3v) is 3.47. The monoisotopic (exact) mass is 341 g/mol. The number of hydrogen-bond acceptors (Lipinski definition) is 3. The number of aliphatic carboxylic acids is 1. The topological polar surface area (TPSA) is 75.6 Å². The summed E-state index contributed by atoms with van der Waals surface area (Å²) < 4.78 is 5.24. The summed E-state index contributed by atoms with van der Waals surface area (Å²) in [7, 11) is 0. The van der Waals surface area contributed by atoms with E-state index in [1.807, 2.05) is 48.5 Å². The van der Waals surface area contributed by atoms with E-state index in [0.29, 0.717) is 0 Å². The van der Waals surface area contributed by atoms with E-state index in [1.54, 1.807) is 26.8 Å². The minimum absolute atomic E-state index is 0.225. The second-order valence-electron chi connectivity index (χ2n) is 6.79. The first-order chi connectivity index (χ1) is 11.7. The average molecular weight is 341 g/mol. The molecule has 0 aliphatic heterocycles. The van der Waals surface area contributed by atoms with Crippen LogP contribution in [0.4, 0.5) is 4.79 Å². The largest absolute Gasteiger partial charge is 0.481 e. The minimum Gasteiger partial charge on any atom is -0.481 e. The highest BCUT2D eigenvalue weighted by Crippen LogP contribution is 2.25.